The summed E-state index contributed by atoms with van der Waals surface area (Å²) < 4.78 is 0. The molecule has 0 aromatic carbocycles. The van der Waals surface area contributed by atoms with E-state index in [9.17, 15) is 73.5 Å². The lowest BCUT2D eigenvalue weighted by Crippen LogP contribution is -2.63. The normalized spacial score (nSPS) is 16.1. The minimum absolute atomic E-state index is 0.0812. The number of thioether (sulfide) groups is 1. The van der Waals surface area contributed by atoms with Crippen molar-refractivity contribution in [3.05, 3.63) is 0 Å². The van der Waals surface area contributed by atoms with E-state index in [1.54, 1.807) is 20.1 Å². The molecule has 0 bridgehead atoms. The number of carbonyl (C=O) groups excluding carboxylic acids is 9. The van der Waals surface area contributed by atoms with E-state index in [1.165, 1.54) is 32.5 Å². The van der Waals surface area contributed by atoms with Gasteiger partial charge >= 0.3 is 5.97 Å². The third-order valence-electron chi connectivity index (χ3n) is 8.74. The van der Waals surface area contributed by atoms with Gasteiger partial charge in [-0.15, -0.1) is 0 Å². The first kappa shape index (κ1) is 55.9. The molecule has 0 radical (unpaired) electrons. The quantitative estimate of drug-likeness (QED) is 0.0347. The summed E-state index contributed by atoms with van der Waals surface area (Å²) in [7, 11) is 0. The molecule has 25 nitrogen and oxygen atoms in total. The van der Waals surface area contributed by atoms with Gasteiger partial charge in [0.05, 0.1) is 38.4 Å². The Labute approximate surface area is 356 Å². The number of rotatable bonds is 28. The summed E-state index contributed by atoms with van der Waals surface area (Å²) in [6.07, 6.45) is -0.539. The van der Waals surface area contributed by atoms with E-state index in [-0.39, 0.29) is 12.2 Å². The zero-order valence-corrected chi connectivity index (χ0v) is 35.9. The van der Waals surface area contributed by atoms with Crippen LogP contribution in [-0.2, 0) is 47.9 Å². The number of carbonyl (C=O) groups is 10. The minimum Gasteiger partial charge on any atom is -0.480 e. The summed E-state index contributed by atoms with van der Waals surface area (Å²) >= 11 is 1.26. The molecule has 61 heavy (non-hydrogen) atoms. The highest BCUT2D eigenvalue weighted by Gasteiger charge is 2.36. The van der Waals surface area contributed by atoms with Gasteiger partial charge in [0.15, 0.2) is 0 Å². The zero-order chi connectivity index (χ0) is 47.3. The number of aliphatic hydroxyl groups excluding tert-OH is 4. The van der Waals surface area contributed by atoms with E-state index in [1.807, 2.05) is 0 Å². The number of amides is 9. The highest BCUT2D eigenvalue weighted by Crippen LogP contribution is 2.07. The molecule has 0 rings (SSSR count). The Morgan fingerprint density at radius 2 is 0.902 bits per heavy atom. The van der Waals surface area contributed by atoms with E-state index in [4.69, 9.17) is 11.5 Å². The Morgan fingerprint density at radius 3 is 1.30 bits per heavy atom. The minimum atomic E-state index is -1.82. The van der Waals surface area contributed by atoms with Crippen LogP contribution in [0.5, 0.6) is 0 Å². The average molecular weight is 895 g/mol. The van der Waals surface area contributed by atoms with E-state index >= 15 is 0 Å². The molecule has 0 heterocycles. The first-order valence-corrected chi connectivity index (χ1v) is 20.5. The van der Waals surface area contributed by atoms with Crippen LogP contribution in [0.25, 0.3) is 0 Å². The lowest BCUT2D eigenvalue weighted by Gasteiger charge is -2.28. The molecule has 0 aromatic heterocycles. The Bertz CT molecular complexity index is 1550. The molecule has 10 atom stereocenters. The Morgan fingerprint density at radius 1 is 0.525 bits per heavy atom. The van der Waals surface area contributed by atoms with Gasteiger partial charge in [-0.25, -0.2) is 4.79 Å². The summed E-state index contributed by atoms with van der Waals surface area (Å²) in [5.41, 5.74) is 10.6. The highest BCUT2D eigenvalue weighted by atomic mass is 32.2. The Hall–Kier alpha value is -5.15. The molecule has 17 N–H and O–H groups in total. The van der Waals surface area contributed by atoms with Crippen LogP contribution >= 0.6 is 11.8 Å². The summed E-state index contributed by atoms with van der Waals surface area (Å²) in [4.78, 5) is 127. The molecule has 26 heteroatoms. The number of carboxylic acids is 1. The zero-order valence-electron chi connectivity index (χ0n) is 35.1. The van der Waals surface area contributed by atoms with Crippen molar-refractivity contribution in [2.45, 2.75) is 115 Å². The van der Waals surface area contributed by atoms with Gasteiger partial charge in [0.1, 0.15) is 48.3 Å². The van der Waals surface area contributed by atoms with Crippen molar-refractivity contribution in [3.63, 3.8) is 0 Å². The number of aliphatic hydroxyl groups is 4. The molecule has 0 aliphatic heterocycles. The first-order valence-electron chi connectivity index (χ1n) is 19.1. The maximum atomic E-state index is 13.5. The Balaban J connectivity index is 5.92. The average Bonchev–Trinajstić information content (AvgIpc) is 3.17. The van der Waals surface area contributed by atoms with Crippen LogP contribution in [0.1, 0.15) is 54.4 Å². The van der Waals surface area contributed by atoms with E-state index in [0.717, 1.165) is 6.92 Å². The number of nitrogens with one attached hydrogen (secondary N) is 8. The predicted octanol–water partition coefficient (Wildman–Crippen LogP) is -7.41. The second-order valence-electron chi connectivity index (χ2n) is 14.6. The van der Waals surface area contributed by atoms with Gasteiger partial charge < -0.3 is 79.5 Å². The lowest BCUT2D eigenvalue weighted by atomic mass is 10.0. The van der Waals surface area contributed by atoms with Crippen molar-refractivity contribution in [2.24, 2.45) is 23.3 Å². The molecular weight excluding hydrogens is 833 g/mol. The van der Waals surface area contributed by atoms with Gasteiger partial charge in [-0.3, -0.25) is 43.2 Å². The van der Waals surface area contributed by atoms with Crippen molar-refractivity contribution >= 4 is 70.9 Å². The maximum Gasteiger partial charge on any atom is 0.326 e. The van der Waals surface area contributed by atoms with Crippen LogP contribution in [0, 0.1) is 11.8 Å². The van der Waals surface area contributed by atoms with Crippen molar-refractivity contribution in [1.29, 1.82) is 0 Å². The molecule has 0 spiro atoms. The van der Waals surface area contributed by atoms with Gasteiger partial charge in [-0.05, 0) is 44.1 Å². The molecule has 0 saturated heterocycles. The largest absolute Gasteiger partial charge is 0.480 e. The molecule has 348 valence electrons. The van der Waals surface area contributed by atoms with Crippen LogP contribution in [0.3, 0.4) is 0 Å². The molecular formula is C35H62N10O15S. The van der Waals surface area contributed by atoms with Gasteiger partial charge in [0, 0.05) is 0 Å². The van der Waals surface area contributed by atoms with Crippen molar-refractivity contribution in [2.75, 3.05) is 31.8 Å². The van der Waals surface area contributed by atoms with Crippen LogP contribution < -0.4 is 54.0 Å². The number of hydrogen-bond donors (Lipinski definition) is 15. The monoisotopic (exact) mass is 894 g/mol. The van der Waals surface area contributed by atoms with E-state index < -0.39 is 158 Å². The van der Waals surface area contributed by atoms with Crippen molar-refractivity contribution in [1.82, 2.24) is 42.5 Å². The third kappa shape index (κ3) is 19.4. The molecule has 0 unspecified atom stereocenters. The smallest absolute Gasteiger partial charge is 0.326 e. The molecule has 0 fully saturated rings. The molecule has 0 aliphatic rings. The lowest BCUT2D eigenvalue weighted by molar-refractivity contribution is -0.144. The third-order valence-corrected chi connectivity index (χ3v) is 9.38. The number of hydrogen-bond acceptors (Lipinski definition) is 16. The SMILES string of the molecule is CSCC[C@H](NC(=O)[C@H](CO)NC(=O)[C@@H](NC(=O)[C@H](C)NC(=O)[C@@H](N)CC(N)=O)C(C)C)C(=O)N[C@H](C(=O)N[C@@H](CO)C(=O)N[C@@H](CO)C(=O)N[C@H](C(=O)O)C(C)C)[C@@H](C)O. The number of primary amides is 1. The first-order chi connectivity index (χ1) is 28.4. The van der Waals surface area contributed by atoms with Gasteiger partial charge in [0.25, 0.3) is 0 Å². The topological polar surface area (TPSA) is 420 Å². The van der Waals surface area contributed by atoms with Gasteiger partial charge in [0.2, 0.25) is 53.2 Å². The molecule has 9 amide bonds. The summed E-state index contributed by atoms with van der Waals surface area (Å²) in [5, 5.41) is 67.3. The van der Waals surface area contributed by atoms with E-state index in [0.29, 0.717) is 0 Å². The Kier molecular flexibility index (Phi) is 25.3. The summed E-state index contributed by atoms with van der Waals surface area (Å²) in [6.45, 7) is 5.42. The molecule has 0 saturated carbocycles. The maximum absolute atomic E-state index is 13.5. The van der Waals surface area contributed by atoms with Gasteiger partial charge in [-0.2, -0.15) is 11.8 Å². The fourth-order valence-electron chi connectivity index (χ4n) is 5.09. The van der Waals surface area contributed by atoms with Crippen LogP contribution in [0.4, 0.5) is 0 Å². The van der Waals surface area contributed by atoms with Crippen LogP contribution in [-0.4, -0.2) is 177 Å². The number of carboxylic acid groups (broad SMARTS) is 1. The highest BCUT2D eigenvalue weighted by molar-refractivity contribution is 7.98. The van der Waals surface area contributed by atoms with Gasteiger partial charge in [-0.1, -0.05) is 27.7 Å². The fraction of sp³-hybridized carbons (Fsp3) is 0.714. The van der Waals surface area contributed by atoms with Crippen LogP contribution in [0.2, 0.25) is 0 Å². The second kappa shape index (κ2) is 27.6. The van der Waals surface area contributed by atoms with Crippen molar-refractivity contribution in [3.8, 4) is 0 Å². The molecule has 0 aliphatic carbocycles. The van der Waals surface area contributed by atoms with Crippen molar-refractivity contribution < 1.29 is 73.5 Å². The standard InChI is InChI=1S/C35H62N10O15S/c1-14(2)24(43-27(51)16(5)38-28(52)18(36)10-23(37)50)33(57)41-20(11-46)30(54)39-19(8-9-61-7)29(53)45-26(17(6)49)34(58)42-21(12-47)31(55)40-22(13-48)32(56)44-25(15(3)4)35(59)60/h14-22,24-26,46-49H,8-13,36H2,1-7H3,(H2,37,50)(H,38,52)(H,39,54)(H,40,55)(H,41,57)(H,42,58)(H,43,51)(H,44,56)(H,45,53)(H,59,60)/t16-,17+,18-,19-,20-,21-,22-,24-,25-,26-/m0/s1. The summed E-state index contributed by atoms with van der Waals surface area (Å²) in [5.74, 6) is -11.4. The molecule has 0 aromatic rings. The summed E-state index contributed by atoms with van der Waals surface area (Å²) in [6, 6.07) is -13.8. The predicted molar refractivity (Wildman–Crippen MR) is 216 cm³/mol. The van der Waals surface area contributed by atoms with Crippen LogP contribution in [0.15, 0.2) is 0 Å². The number of aliphatic carboxylic acids is 1. The second-order valence-corrected chi connectivity index (χ2v) is 15.6. The van der Waals surface area contributed by atoms with E-state index in [2.05, 4.69) is 42.5 Å². The fourth-order valence-corrected chi connectivity index (χ4v) is 5.56. The number of nitrogens with two attached hydrogens (primary N) is 2.